The van der Waals surface area contributed by atoms with Gasteiger partial charge in [-0.2, -0.15) is 0 Å². The lowest BCUT2D eigenvalue weighted by atomic mass is 9.81. The van der Waals surface area contributed by atoms with Gasteiger partial charge in [0.1, 0.15) is 0 Å². The van der Waals surface area contributed by atoms with Gasteiger partial charge < -0.3 is 0 Å². The summed E-state index contributed by atoms with van der Waals surface area (Å²) in [6.07, 6.45) is 0. The summed E-state index contributed by atoms with van der Waals surface area (Å²) in [5.41, 5.74) is 10.6. The molecule has 238 valence electrons. The van der Waals surface area contributed by atoms with Crippen molar-refractivity contribution in [3.8, 4) is 33.4 Å². The quantitative estimate of drug-likeness (QED) is 0.164. The van der Waals surface area contributed by atoms with E-state index in [2.05, 4.69) is 184 Å². The lowest BCUT2D eigenvalue weighted by Crippen LogP contribution is -2.14. The van der Waals surface area contributed by atoms with E-state index in [9.17, 15) is 0 Å². The Kier molecular flexibility index (Phi) is 5.82. The molecule has 1 aliphatic rings. The van der Waals surface area contributed by atoms with E-state index in [-0.39, 0.29) is 5.41 Å². The van der Waals surface area contributed by atoms with E-state index < -0.39 is 0 Å². The van der Waals surface area contributed by atoms with Gasteiger partial charge in [0.05, 0.1) is 0 Å². The first-order valence-electron chi connectivity index (χ1n) is 18.0. The maximum Gasteiger partial charge on any atom is 0.0159 e. The van der Waals surface area contributed by atoms with Crippen molar-refractivity contribution >= 4 is 64.6 Å². The molecule has 1 aliphatic carbocycles. The molecule has 0 heterocycles. The Morgan fingerprint density at radius 2 is 0.706 bits per heavy atom. The lowest BCUT2D eigenvalue weighted by Gasteiger charge is -2.22. The molecule has 0 nitrogen and oxygen atoms in total. The Bertz CT molecular complexity index is 3090. The van der Waals surface area contributed by atoms with E-state index >= 15 is 0 Å². The van der Waals surface area contributed by atoms with Crippen LogP contribution < -0.4 is 0 Å². The molecule has 0 fully saturated rings. The Morgan fingerprint density at radius 3 is 1.31 bits per heavy atom. The Labute approximate surface area is 297 Å². The van der Waals surface area contributed by atoms with Gasteiger partial charge in [-0.3, -0.25) is 0 Å². The van der Waals surface area contributed by atoms with Crippen molar-refractivity contribution < 1.29 is 0 Å². The van der Waals surface area contributed by atoms with E-state index in [0.717, 1.165) is 0 Å². The molecule has 0 radical (unpaired) electrons. The molecule has 0 amide bonds. The third-order valence-electron chi connectivity index (χ3n) is 11.8. The van der Waals surface area contributed by atoms with E-state index in [1.165, 1.54) is 109 Å². The van der Waals surface area contributed by atoms with Gasteiger partial charge in [0.2, 0.25) is 0 Å². The molecule has 0 bridgehead atoms. The molecule has 10 aromatic rings. The summed E-state index contributed by atoms with van der Waals surface area (Å²) in [5.74, 6) is 0. The highest BCUT2D eigenvalue weighted by Crippen LogP contribution is 2.50. The number of hydrogen-bond donors (Lipinski definition) is 0. The van der Waals surface area contributed by atoms with E-state index in [1.807, 2.05) is 0 Å². The standard InChI is InChI=1S/C51H34/c1-51(2)47-18-10-9-14-41(47)42-26-24-36(30-48(42)51)34-22-20-31-27-33(21-19-32(31)28-34)35-23-25-40-39-13-5-7-16-44(39)49-43-15-6-3-11-37(43)38-12-4-8-17-45(38)50(49)46(40)29-35/h3-30H,1-2H3. The summed E-state index contributed by atoms with van der Waals surface area (Å²) < 4.78 is 0. The van der Waals surface area contributed by atoms with Gasteiger partial charge in [-0.05, 0) is 133 Å². The molecule has 0 unspecified atom stereocenters. The highest BCUT2D eigenvalue weighted by atomic mass is 14.4. The van der Waals surface area contributed by atoms with Crippen LogP contribution in [0.5, 0.6) is 0 Å². The molecule has 0 saturated carbocycles. The van der Waals surface area contributed by atoms with Gasteiger partial charge in [-0.25, -0.2) is 0 Å². The van der Waals surface area contributed by atoms with Gasteiger partial charge in [-0.15, -0.1) is 0 Å². The van der Waals surface area contributed by atoms with Crippen LogP contribution in [0.15, 0.2) is 170 Å². The van der Waals surface area contributed by atoms with Crippen LogP contribution in [0, 0.1) is 0 Å². The fourth-order valence-corrected chi connectivity index (χ4v) is 9.29. The largest absolute Gasteiger partial charge is 0.0619 e. The zero-order valence-electron chi connectivity index (χ0n) is 28.7. The van der Waals surface area contributed by atoms with Gasteiger partial charge in [0.15, 0.2) is 0 Å². The molecular weight excluding hydrogens is 613 g/mol. The average molecular weight is 647 g/mol. The van der Waals surface area contributed by atoms with Crippen molar-refractivity contribution in [2.24, 2.45) is 0 Å². The highest BCUT2D eigenvalue weighted by molar-refractivity contribution is 6.39. The van der Waals surface area contributed by atoms with Crippen LogP contribution in [0.4, 0.5) is 0 Å². The summed E-state index contributed by atoms with van der Waals surface area (Å²) in [5, 5.41) is 15.7. The maximum atomic E-state index is 2.44. The van der Waals surface area contributed by atoms with Crippen molar-refractivity contribution in [1.29, 1.82) is 0 Å². The van der Waals surface area contributed by atoms with Crippen LogP contribution >= 0.6 is 0 Å². The molecule has 0 saturated heterocycles. The van der Waals surface area contributed by atoms with Gasteiger partial charge in [0.25, 0.3) is 0 Å². The molecule has 10 aromatic carbocycles. The topological polar surface area (TPSA) is 0 Å². The third kappa shape index (κ3) is 4.02. The predicted molar refractivity (Wildman–Crippen MR) is 220 cm³/mol. The van der Waals surface area contributed by atoms with Crippen molar-refractivity contribution in [2.75, 3.05) is 0 Å². The molecule has 0 N–H and O–H groups in total. The van der Waals surface area contributed by atoms with Crippen LogP contribution in [-0.4, -0.2) is 0 Å². The fraction of sp³-hybridized carbons (Fsp3) is 0.0588. The Morgan fingerprint density at radius 1 is 0.294 bits per heavy atom. The second-order valence-corrected chi connectivity index (χ2v) is 14.9. The van der Waals surface area contributed by atoms with E-state index in [0.29, 0.717) is 0 Å². The maximum absolute atomic E-state index is 2.44. The molecule has 11 rings (SSSR count). The second kappa shape index (κ2) is 10.4. The first-order valence-corrected chi connectivity index (χ1v) is 18.0. The monoisotopic (exact) mass is 646 g/mol. The summed E-state index contributed by atoms with van der Waals surface area (Å²) in [7, 11) is 0. The third-order valence-corrected chi connectivity index (χ3v) is 11.8. The smallest absolute Gasteiger partial charge is 0.0159 e. The summed E-state index contributed by atoms with van der Waals surface area (Å²) in [6.45, 7) is 4.71. The molecule has 0 heteroatoms. The SMILES string of the molecule is CC1(C)c2ccccc2-c2ccc(-c3ccc4cc(-c5ccc6c7ccccc7c7c8ccccc8c8ccccc8c7c6c5)ccc4c3)cc21. The lowest BCUT2D eigenvalue weighted by molar-refractivity contribution is 0.660. The van der Waals surface area contributed by atoms with Crippen LogP contribution in [0.2, 0.25) is 0 Å². The van der Waals surface area contributed by atoms with Crippen molar-refractivity contribution in [1.82, 2.24) is 0 Å². The van der Waals surface area contributed by atoms with Crippen LogP contribution in [0.1, 0.15) is 25.0 Å². The van der Waals surface area contributed by atoms with Gasteiger partial charge in [0, 0.05) is 5.41 Å². The van der Waals surface area contributed by atoms with Crippen molar-refractivity contribution in [3.05, 3.63) is 181 Å². The molecule has 51 heavy (non-hydrogen) atoms. The number of benzene rings is 10. The highest BCUT2D eigenvalue weighted by Gasteiger charge is 2.35. The van der Waals surface area contributed by atoms with Crippen LogP contribution in [-0.2, 0) is 5.41 Å². The molecule has 0 atom stereocenters. The van der Waals surface area contributed by atoms with E-state index in [1.54, 1.807) is 0 Å². The first-order chi connectivity index (χ1) is 25.0. The van der Waals surface area contributed by atoms with Gasteiger partial charge >= 0.3 is 0 Å². The van der Waals surface area contributed by atoms with E-state index in [4.69, 9.17) is 0 Å². The Hall–Kier alpha value is -6.24. The number of rotatable bonds is 2. The number of hydrogen-bond acceptors (Lipinski definition) is 0. The first kappa shape index (κ1) is 28.6. The average Bonchev–Trinajstić information content (AvgIpc) is 3.42. The normalized spacial score (nSPS) is 13.5. The summed E-state index contributed by atoms with van der Waals surface area (Å²) >= 11 is 0. The second-order valence-electron chi connectivity index (χ2n) is 14.9. The van der Waals surface area contributed by atoms with Crippen LogP contribution in [0.3, 0.4) is 0 Å². The van der Waals surface area contributed by atoms with Crippen LogP contribution in [0.25, 0.3) is 98.0 Å². The van der Waals surface area contributed by atoms with Crippen molar-refractivity contribution in [3.63, 3.8) is 0 Å². The summed E-state index contributed by atoms with van der Waals surface area (Å²) in [6, 6.07) is 63.7. The van der Waals surface area contributed by atoms with Crippen molar-refractivity contribution in [2.45, 2.75) is 19.3 Å². The zero-order valence-corrected chi connectivity index (χ0v) is 28.7. The predicted octanol–water partition coefficient (Wildman–Crippen LogP) is 14.2. The molecule has 0 aromatic heterocycles. The minimum atomic E-state index is -0.00938. The zero-order chi connectivity index (χ0) is 33.8. The molecule has 0 aliphatic heterocycles. The Balaban J connectivity index is 1.07. The minimum absolute atomic E-state index is 0.00938. The molecular formula is C51H34. The van der Waals surface area contributed by atoms with Gasteiger partial charge in [-0.1, -0.05) is 159 Å². The number of fused-ring (bicyclic) bond motifs is 15. The summed E-state index contributed by atoms with van der Waals surface area (Å²) in [4.78, 5) is 0. The minimum Gasteiger partial charge on any atom is -0.0619 e. The fourth-order valence-electron chi connectivity index (χ4n) is 9.29. The molecule has 0 spiro atoms.